The summed E-state index contributed by atoms with van der Waals surface area (Å²) in [6, 6.07) is 10.1. The number of hydrogen-bond acceptors (Lipinski definition) is 2. The van der Waals surface area contributed by atoms with Gasteiger partial charge < -0.3 is 10.0 Å². The molecule has 0 heterocycles. The summed E-state index contributed by atoms with van der Waals surface area (Å²) in [5, 5.41) is 19.4. The van der Waals surface area contributed by atoms with Crippen LogP contribution in [0.2, 0.25) is 0 Å². The summed E-state index contributed by atoms with van der Waals surface area (Å²) in [4.78, 5) is 0. The van der Waals surface area contributed by atoms with Crippen molar-refractivity contribution >= 4 is 7.12 Å². The van der Waals surface area contributed by atoms with Gasteiger partial charge in [-0.3, -0.25) is 0 Å². The molecule has 1 unspecified atom stereocenters. The molecule has 1 aliphatic rings. The minimum Gasteiger partial charge on any atom is -0.423 e. The number of benzene rings is 1. The van der Waals surface area contributed by atoms with Gasteiger partial charge in [0, 0.05) is 5.92 Å². The molecule has 0 fully saturated rings. The quantitative estimate of drug-likeness (QED) is 0.640. The fourth-order valence-corrected chi connectivity index (χ4v) is 2.57. The Morgan fingerprint density at radius 2 is 1.90 bits per heavy atom. The van der Waals surface area contributed by atoms with E-state index < -0.39 is 7.12 Å². The van der Waals surface area contributed by atoms with E-state index in [-0.39, 0.29) is 5.92 Å². The van der Waals surface area contributed by atoms with Crippen LogP contribution in [0.15, 0.2) is 90.5 Å². The van der Waals surface area contributed by atoms with Crippen molar-refractivity contribution in [2.24, 2.45) is 0 Å². The summed E-state index contributed by atoms with van der Waals surface area (Å²) >= 11 is 0. The summed E-state index contributed by atoms with van der Waals surface area (Å²) in [6.07, 6.45) is 9.96. The van der Waals surface area contributed by atoms with E-state index in [2.05, 4.69) is 25.3 Å². The first-order valence-electron chi connectivity index (χ1n) is 6.96. The Hall–Kier alpha value is -2.10. The summed E-state index contributed by atoms with van der Waals surface area (Å²) in [6.45, 7) is 7.46. The Bertz CT molecular complexity index is 609. The van der Waals surface area contributed by atoms with Gasteiger partial charge in [0.25, 0.3) is 0 Å². The highest BCUT2D eigenvalue weighted by molar-refractivity contribution is 6.52. The molecule has 3 heteroatoms. The van der Waals surface area contributed by atoms with Crippen molar-refractivity contribution in [1.29, 1.82) is 0 Å². The number of rotatable bonds is 5. The lowest BCUT2D eigenvalue weighted by molar-refractivity contribution is 0.419. The van der Waals surface area contributed by atoms with Gasteiger partial charge in [-0.1, -0.05) is 73.9 Å². The van der Waals surface area contributed by atoms with Crippen LogP contribution in [0.4, 0.5) is 0 Å². The van der Waals surface area contributed by atoms with Crippen LogP contribution in [-0.4, -0.2) is 17.2 Å². The highest BCUT2D eigenvalue weighted by atomic mass is 16.4. The van der Waals surface area contributed by atoms with E-state index in [9.17, 15) is 10.0 Å². The van der Waals surface area contributed by atoms with Gasteiger partial charge in [-0.15, -0.1) is 0 Å². The maximum Gasteiger partial charge on any atom is 0.488 e. The van der Waals surface area contributed by atoms with Gasteiger partial charge in [0.15, 0.2) is 0 Å². The molecule has 106 valence electrons. The standard InChI is InChI=1S/C18H19BO2/c1-3-8-14(4-2)17-12-11-16(13-18(17)19(20)21)15-9-6-5-7-10-15/h3-10,12-13,16,20-21H,1-2,11H2/b14-8+. The molecule has 1 aromatic rings. The SMILES string of the molecule is C=C/C=C(\C=C)C1=CCC(c2ccccc2)C=C1B(O)O. The molecule has 1 aromatic carbocycles. The van der Waals surface area contributed by atoms with Crippen molar-refractivity contribution in [3.8, 4) is 0 Å². The summed E-state index contributed by atoms with van der Waals surface area (Å²) in [7, 11) is -1.50. The van der Waals surface area contributed by atoms with Gasteiger partial charge in [0.2, 0.25) is 0 Å². The molecule has 0 saturated carbocycles. The molecule has 0 saturated heterocycles. The van der Waals surface area contributed by atoms with Crippen LogP contribution >= 0.6 is 0 Å². The molecule has 2 N–H and O–H groups in total. The maximum atomic E-state index is 9.68. The fraction of sp³-hybridized carbons (Fsp3) is 0.111. The van der Waals surface area contributed by atoms with Gasteiger partial charge in [-0.25, -0.2) is 0 Å². The Balaban J connectivity index is 2.38. The first kappa shape index (κ1) is 15.3. The molecule has 0 radical (unpaired) electrons. The molecule has 2 rings (SSSR count). The second kappa shape index (κ2) is 7.07. The molecule has 0 spiro atoms. The van der Waals surface area contributed by atoms with E-state index in [1.807, 2.05) is 36.4 Å². The van der Waals surface area contributed by atoms with Gasteiger partial charge in [0.05, 0.1) is 0 Å². The molecule has 0 aromatic heterocycles. The van der Waals surface area contributed by atoms with E-state index in [4.69, 9.17) is 0 Å². The minimum atomic E-state index is -1.50. The Labute approximate surface area is 126 Å². The average molecular weight is 278 g/mol. The lowest BCUT2D eigenvalue weighted by atomic mass is 9.67. The highest BCUT2D eigenvalue weighted by Crippen LogP contribution is 2.34. The van der Waals surface area contributed by atoms with Crippen molar-refractivity contribution in [2.75, 3.05) is 0 Å². The predicted molar refractivity (Wildman–Crippen MR) is 88.6 cm³/mol. The normalized spacial score (nSPS) is 18.6. The van der Waals surface area contributed by atoms with Crippen LogP contribution in [-0.2, 0) is 0 Å². The van der Waals surface area contributed by atoms with Crippen LogP contribution < -0.4 is 0 Å². The van der Waals surface area contributed by atoms with Gasteiger partial charge in [0.1, 0.15) is 0 Å². The van der Waals surface area contributed by atoms with Gasteiger partial charge in [-0.2, -0.15) is 0 Å². The van der Waals surface area contributed by atoms with E-state index in [1.165, 1.54) is 5.56 Å². The summed E-state index contributed by atoms with van der Waals surface area (Å²) in [5.41, 5.74) is 3.34. The largest absolute Gasteiger partial charge is 0.488 e. The lowest BCUT2D eigenvalue weighted by Gasteiger charge is -2.23. The van der Waals surface area contributed by atoms with Crippen LogP contribution in [0.1, 0.15) is 17.9 Å². The second-order valence-corrected chi connectivity index (χ2v) is 4.93. The maximum absolute atomic E-state index is 9.68. The lowest BCUT2D eigenvalue weighted by Crippen LogP contribution is -2.21. The number of allylic oxidation sites excluding steroid dienone is 8. The third kappa shape index (κ3) is 3.51. The third-order valence-corrected chi connectivity index (χ3v) is 3.60. The zero-order valence-corrected chi connectivity index (χ0v) is 11.9. The topological polar surface area (TPSA) is 40.5 Å². The molecule has 1 atom stereocenters. The van der Waals surface area contributed by atoms with Crippen molar-refractivity contribution in [3.05, 3.63) is 96.1 Å². The molecule has 0 aliphatic heterocycles. The van der Waals surface area contributed by atoms with Crippen LogP contribution in [0.5, 0.6) is 0 Å². The zero-order chi connectivity index (χ0) is 15.2. The fourth-order valence-electron chi connectivity index (χ4n) is 2.57. The first-order chi connectivity index (χ1) is 10.2. The van der Waals surface area contributed by atoms with E-state index in [1.54, 1.807) is 12.2 Å². The molecule has 0 bridgehead atoms. The summed E-state index contributed by atoms with van der Waals surface area (Å²) < 4.78 is 0. The van der Waals surface area contributed by atoms with Gasteiger partial charge >= 0.3 is 7.12 Å². The van der Waals surface area contributed by atoms with E-state index in [0.717, 1.165) is 17.6 Å². The van der Waals surface area contributed by atoms with Crippen LogP contribution in [0.25, 0.3) is 0 Å². The predicted octanol–water partition coefficient (Wildman–Crippen LogP) is 3.34. The highest BCUT2D eigenvalue weighted by Gasteiger charge is 2.25. The van der Waals surface area contributed by atoms with Gasteiger partial charge in [-0.05, 0) is 28.6 Å². The molecule has 2 nitrogen and oxygen atoms in total. The van der Waals surface area contributed by atoms with E-state index >= 15 is 0 Å². The van der Waals surface area contributed by atoms with Crippen molar-refractivity contribution in [2.45, 2.75) is 12.3 Å². The summed E-state index contributed by atoms with van der Waals surface area (Å²) in [5.74, 6) is 0.154. The molecular weight excluding hydrogens is 259 g/mol. The number of hydrogen-bond donors (Lipinski definition) is 2. The third-order valence-electron chi connectivity index (χ3n) is 3.60. The van der Waals surface area contributed by atoms with Crippen molar-refractivity contribution < 1.29 is 10.0 Å². The Kier molecular flexibility index (Phi) is 5.15. The molecule has 0 amide bonds. The first-order valence-corrected chi connectivity index (χ1v) is 6.96. The monoisotopic (exact) mass is 278 g/mol. The smallest absolute Gasteiger partial charge is 0.423 e. The second-order valence-electron chi connectivity index (χ2n) is 4.93. The van der Waals surface area contributed by atoms with Crippen molar-refractivity contribution in [1.82, 2.24) is 0 Å². The molecular formula is C18H19BO2. The minimum absolute atomic E-state index is 0.154. The Morgan fingerprint density at radius 3 is 2.48 bits per heavy atom. The zero-order valence-electron chi connectivity index (χ0n) is 11.9. The average Bonchev–Trinajstić information content (AvgIpc) is 2.53. The molecule has 1 aliphatic carbocycles. The van der Waals surface area contributed by atoms with E-state index in [0.29, 0.717) is 5.47 Å². The molecule has 21 heavy (non-hydrogen) atoms. The van der Waals surface area contributed by atoms with Crippen LogP contribution in [0.3, 0.4) is 0 Å². The Morgan fingerprint density at radius 1 is 1.19 bits per heavy atom. The van der Waals surface area contributed by atoms with Crippen LogP contribution in [0, 0.1) is 0 Å². The van der Waals surface area contributed by atoms with Crippen molar-refractivity contribution in [3.63, 3.8) is 0 Å².